The van der Waals surface area contributed by atoms with Crippen LogP contribution < -0.4 is 15.4 Å². The Balaban J connectivity index is 2.28. The molecular weight excluding hydrogens is 288 g/mol. The molecule has 0 saturated carbocycles. The van der Waals surface area contributed by atoms with Crippen LogP contribution >= 0.6 is 11.6 Å². The summed E-state index contributed by atoms with van der Waals surface area (Å²) in [5.74, 6) is 1.06. The summed E-state index contributed by atoms with van der Waals surface area (Å²) in [7, 11) is 1.94. The van der Waals surface area contributed by atoms with Crippen LogP contribution in [0.25, 0.3) is 0 Å². The standard InChI is InChI=1S/C15H19ClN4O/c1-4-21-15-13(17)14(18-9-19-15)20(3)10(2)11-5-7-12(16)8-6-11/h5-10H,4,17H2,1-3H3. The molecule has 1 heterocycles. The van der Waals surface area contributed by atoms with E-state index >= 15 is 0 Å². The molecule has 2 rings (SSSR count). The smallest absolute Gasteiger partial charge is 0.242 e. The van der Waals surface area contributed by atoms with E-state index in [1.54, 1.807) is 0 Å². The van der Waals surface area contributed by atoms with E-state index in [4.69, 9.17) is 22.1 Å². The van der Waals surface area contributed by atoms with E-state index in [9.17, 15) is 0 Å². The average molecular weight is 307 g/mol. The number of anilines is 2. The number of hydrogen-bond donors (Lipinski definition) is 1. The van der Waals surface area contributed by atoms with E-state index in [0.717, 1.165) is 5.56 Å². The van der Waals surface area contributed by atoms with Gasteiger partial charge in [0.15, 0.2) is 5.82 Å². The van der Waals surface area contributed by atoms with E-state index in [2.05, 4.69) is 16.9 Å². The van der Waals surface area contributed by atoms with Gasteiger partial charge < -0.3 is 15.4 Å². The molecule has 5 nitrogen and oxygen atoms in total. The summed E-state index contributed by atoms with van der Waals surface area (Å²) >= 11 is 5.92. The Morgan fingerprint density at radius 2 is 1.95 bits per heavy atom. The lowest BCUT2D eigenvalue weighted by atomic mass is 10.1. The molecule has 0 radical (unpaired) electrons. The Labute approximate surface area is 129 Å². The number of nitrogens with two attached hydrogens (primary N) is 1. The van der Waals surface area contributed by atoms with Crippen LogP contribution in [-0.2, 0) is 0 Å². The molecule has 0 aliphatic carbocycles. The molecule has 1 atom stereocenters. The first kappa shape index (κ1) is 15.4. The third-order valence-corrected chi connectivity index (χ3v) is 3.63. The third kappa shape index (κ3) is 3.36. The second-order valence-electron chi connectivity index (χ2n) is 4.69. The van der Waals surface area contributed by atoms with Crippen LogP contribution in [0.4, 0.5) is 11.5 Å². The number of benzene rings is 1. The average Bonchev–Trinajstić information content (AvgIpc) is 2.49. The van der Waals surface area contributed by atoms with Crippen LogP contribution in [0.1, 0.15) is 25.5 Å². The van der Waals surface area contributed by atoms with Gasteiger partial charge in [-0.25, -0.2) is 4.98 Å². The Bertz CT molecular complexity index is 603. The van der Waals surface area contributed by atoms with E-state index < -0.39 is 0 Å². The predicted molar refractivity (Wildman–Crippen MR) is 85.9 cm³/mol. The molecule has 6 heteroatoms. The van der Waals surface area contributed by atoms with Crippen LogP contribution in [0.3, 0.4) is 0 Å². The number of rotatable bonds is 5. The lowest BCUT2D eigenvalue weighted by molar-refractivity contribution is 0.328. The van der Waals surface area contributed by atoms with E-state index in [1.807, 2.05) is 43.1 Å². The molecule has 21 heavy (non-hydrogen) atoms. The summed E-state index contributed by atoms with van der Waals surface area (Å²) in [5, 5.41) is 0.716. The third-order valence-electron chi connectivity index (χ3n) is 3.37. The number of nitrogens with zero attached hydrogens (tertiary/aromatic N) is 3. The quantitative estimate of drug-likeness (QED) is 0.918. The molecule has 2 N–H and O–H groups in total. The molecule has 1 aromatic carbocycles. The minimum absolute atomic E-state index is 0.0916. The first-order valence-corrected chi connectivity index (χ1v) is 7.14. The number of halogens is 1. The van der Waals surface area contributed by atoms with E-state index in [1.165, 1.54) is 6.33 Å². The molecule has 1 aromatic heterocycles. The zero-order valence-corrected chi connectivity index (χ0v) is 13.1. The maximum atomic E-state index is 6.10. The Morgan fingerprint density at radius 1 is 1.29 bits per heavy atom. The monoisotopic (exact) mass is 306 g/mol. The van der Waals surface area contributed by atoms with Gasteiger partial charge in [-0.2, -0.15) is 4.98 Å². The van der Waals surface area contributed by atoms with Crippen molar-refractivity contribution < 1.29 is 4.74 Å². The van der Waals surface area contributed by atoms with Crippen molar-refractivity contribution in [2.24, 2.45) is 0 Å². The molecule has 0 amide bonds. The van der Waals surface area contributed by atoms with Gasteiger partial charge in [0.2, 0.25) is 5.88 Å². The van der Waals surface area contributed by atoms with Crippen LogP contribution in [0, 0.1) is 0 Å². The Morgan fingerprint density at radius 3 is 2.57 bits per heavy atom. The molecule has 1 unspecified atom stereocenters. The van der Waals surface area contributed by atoms with Gasteiger partial charge >= 0.3 is 0 Å². The second kappa shape index (κ2) is 6.63. The van der Waals surface area contributed by atoms with Crippen molar-refractivity contribution in [1.82, 2.24) is 9.97 Å². The SMILES string of the molecule is CCOc1ncnc(N(C)C(C)c2ccc(Cl)cc2)c1N. The number of nitrogen functional groups attached to an aromatic ring is 1. The normalized spacial score (nSPS) is 12.0. The molecule has 112 valence electrons. The molecule has 0 bridgehead atoms. The van der Waals surface area contributed by atoms with Crippen LogP contribution in [0.2, 0.25) is 5.02 Å². The van der Waals surface area contributed by atoms with Gasteiger partial charge in [0.05, 0.1) is 12.6 Å². The maximum absolute atomic E-state index is 6.10. The van der Waals surface area contributed by atoms with Gasteiger partial charge in [0.25, 0.3) is 0 Å². The predicted octanol–water partition coefficient (Wildman–Crippen LogP) is 3.31. The zero-order chi connectivity index (χ0) is 15.4. The molecular formula is C15H19ClN4O. The molecule has 0 fully saturated rings. The molecule has 0 aliphatic rings. The van der Waals surface area contributed by atoms with E-state index in [-0.39, 0.29) is 6.04 Å². The van der Waals surface area contributed by atoms with Crippen LogP contribution in [0.5, 0.6) is 5.88 Å². The lowest BCUT2D eigenvalue weighted by Crippen LogP contribution is -2.24. The van der Waals surface area contributed by atoms with Crippen molar-refractivity contribution in [3.63, 3.8) is 0 Å². The van der Waals surface area contributed by atoms with Gasteiger partial charge in [0.1, 0.15) is 12.0 Å². The first-order chi connectivity index (χ1) is 10.0. The summed E-state index contributed by atoms with van der Waals surface area (Å²) in [6.07, 6.45) is 1.46. The van der Waals surface area contributed by atoms with Crippen molar-refractivity contribution in [2.45, 2.75) is 19.9 Å². The number of hydrogen-bond acceptors (Lipinski definition) is 5. The van der Waals surface area contributed by atoms with Crippen molar-refractivity contribution in [3.05, 3.63) is 41.2 Å². The minimum Gasteiger partial charge on any atom is -0.476 e. The Hall–Kier alpha value is -2.01. The fourth-order valence-corrected chi connectivity index (χ4v) is 2.18. The molecule has 2 aromatic rings. The number of aromatic nitrogens is 2. The van der Waals surface area contributed by atoms with Crippen LogP contribution in [0.15, 0.2) is 30.6 Å². The topological polar surface area (TPSA) is 64.3 Å². The summed E-state index contributed by atoms with van der Waals surface area (Å²) in [6.45, 7) is 4.48. The van der Waals surface area contributed by atoms with Gasteiger partial charge in [0, 0.05) is 12.1 Å². The largest absolute Gasteiger partial charge is 0.476 e. The lowest BCUT2D eigenvalue weighted by Gasteiger charge is -2.27. The maximum Gasteiger partial charge on any atom is 0.242 e. The zero-order valence-electron chi connectivity index (χ0n) is 12.4. The van der Waals surface area contributed by atoms with Crippen LogP contribution in [-0.4, -0.2) is 23.6 Å². The summed E-state index contributed by atoms with van der Waals surface area (Å²) < 4.78 is 5.41. The molecule has 0 aliphatic heterocycles. The molecule has 0 spiro atoms. The van der Waals surface area contributed by atoms with Crippen molar-refractivity contribution in [1.29, 1.82) is 0 Å². The highest BCUT2D eigenvalue weighted by molar-refractivity contribution is 6.30. The fourth-order valence-electron chi connectivity index (χ4n) is 2.05. The highest BCUT2D eigenvalue weighted by Gasteiger charge is 2.18. The Kier molecular flexibility index (Phi) is 4.85. The fraction of sp³-hybridized carbons (Fsp3) is 0.333. The van der Waals surface area contributed by atoms with Gasteiger partial charge in [-0.1, -0.05) is 23.7 Å². The molecule has 0 saturated heterocycles. The minimum atomic E-state index is 0.0916. The van der Waals surface area contributed by atoms with Gasteiger partial charge in [-0.05, 0) is 31.5 Å². The summed E-state index contributed by atoms with van der Waals surface area (Å²) in [5.41, 5.74) is 7.67. The first-order valence-electron chi connectivity index (χ1n) is 6.76. The van der Waals surface area contributed by atoms with Gasteiger partial charge in [-0.15, -0.1) is 0 Å². The second-order valence-corrected chi connectivity index (χ2v) is 5.12. The van der Waals surface area contributed by atoms with Crippen molar-refractivity contribution in [3.8, 4) is 5.88 Å². The van der Waals surface area contributed by atoms with Crippen molar-refractivity contribution in [2.75, 3.05) is 24.3 Å². The highest BCUT2D eigenvalue weighted by Crippen LogP contribution is 2.32. The summed E-state index contributed by atoms with van der Waals surface area (Å²) in [6, 6.07) is 7.81. The summed E-state index contributed by atoms with van der Waals surface area (Å²) in [4.78, 5) is 10.3. The van der Waals surface area contributed by atoms with Gasteiger partial charge in [-0.3, -0.25) is 0 Å². The van der Waals surface area contributed by atoms with Crippen molar-refractivity contribution >= 4 is 23.1 Å². The van der Waals surface area contributed by atoms with E-state index in [0.29, 0.717) is 29.0 Å². The number of ether oxygens (including phenoxy) is 1. The highest BCUT2D eigenvalue weighted by atomic mass is 35.5.